The molecule has 0 spiro atoms. The van der Waals surface area contributed by atoms with E-state index in [0.717, 1.165) is 5.92 Å². The van der Waals surface area contributed by atoms with Crippen LogP contribution in [0.15, 0.2) is 0 Å². The molecule has 1 nitrogen and oxygen atoms in total. The van der Waals surface area contributed by atoms with Crippen LogP contribution in [0.1, 0.15) is 72.6 Å². The fourth-order valence-electron chi connectivity index (χ4n) is 2.84. The molecule has 1 saturated carbocycles. The lowest BCUT2D eigenvalue weighted by atomic mass is 9.66. The third kappa shape index (κ3) is 4.63. The van der Waals surface area contributed by atoms with Crippen LogP contribution in [0, 0.1) is 11.3 Å². The molecule has 0 unspecified atom stereocenters. The van der Waals surface area contributed by atoms with Crippen molar-refractivity contribution in [1.82, 2.24) is 0 Å². The van der Waals surface area contributed by atoms with Gasteiger partial charge in [0.1, 0.15) is 0 Å². The molecule has 0 aromatic heterocycles. The van der Waals surface area contributed by atoms with E-state index in [1.807, 2.05) is 0 Å². The summed E-state index contributed by atoms with van der Waals surface area (Å²) >= 11 is 0. The Kier molecular flexibility index (Phi) is 6.35. The minimum Gasteiger partial charge on any atom is -0.325 e. The van der Waals surface area contributed by atoms with Gasteiger partial charge in [0, 0.05) is 5.54 Å². The minimum absolute atomic E-state index is 0. The van der Waals surface area contributed by atoms with Gasteiger partial charge in [0.05, 0.1) is 0 Å². The summed E-state index contributed by atoms with van der Waals surface area (Å²) < 4.78 is 0. The molecule has 2 heteroatoms. The summed E-state index contributed by atoms with van der Waals surface area (Å²) in [5, 5.41) is 0. The zero-order chi connectivity index (χ0) is 11.5. The molecule has 0 aliphatic heterocycles. The van der Waals surface area contributed by atoms with Crippen LogP contribution in [-0.4, -0.2) is 5.54 Å². The van der Waals surface area contributed by atoms with Gasteiger partial charge < -0.3 is 5.73 Å². The Morgan fingerprint density at radius 1 is 1.19 bits per heavy atom. The number of halogens is 1. The van der Waals surface area contributed by atoms with Crippen LogP contribution in [0.3, 0.4) is 0 Å². The molecule has 1 aliphatic rings. The average Bonchev–Trinajstić information content (AvgIpc) is 2.14. The highest BCUT2D eigenvalue weighted by molar-refractivity contribution is 5.85. The summed E-state index contributed by atoms with van der Waals surface area (Å²) in [6, 6.07) is 0. The van der Waals surface area contributed by atoms with Gasteiger partial charge in [-0.2, -0.15) is 0 Å². The fourth-order valence-corrected chi connectivity index (χ4v) is 2.84. The first-order valence-electron chi connectivity index (χ1n) is 6.66. The second kappa shape index (κ2) is 6.26. The van der Waals surface area contributed by atoms with Gasteiger partial charge in [-0.25, -0.2) is 0 Å². The quantitative estimate of drug-likeness (QED) is 0.779. The number of nitrogens with two attached hydrogens (primary N) is 1. The zero-order valence-electron chi connectivity index (χ0n) is 11.5. The van der Waals surface area contributed by atoms with E-state index in [1.54, 1.807) is 0 Å². The average molecular weight is 248 g/mol. The Balaban J connectivity index is 0.00000225. The first-order valence-corrected chi connectivity index (χ1v) is 6.66. The Bertz CT molecular complexity index is 187. The minimum atomic E-state index is 0. The SMILES string of the molecule is CCCCC1(N)CCC(C(C)(C)C)CC1.Cl. The van der Waals surface area contributed by atoms with Crippen LogP contribution in [0.4, 0.5) is 0 Å². The van der Waals surface area contributed by atoms with Crippen molar-refractivity contribution in [2.45, 2.75) is 78.2 Å². The lowest BCUT2D eigenvalue weighted by Gasteiger charge is -2.42. The predicted octanol–water partition coefficient (Wildman–Crippen LogP) is 4.53. The molecule has 1 fully saturated rings. The standard InChI is InChI=1S/C14H29N.ClH/c1-5-6-9-14(15)10-7-12(8-11-14)13(2,3)4;/h12H,5-11,15H2,1-4H3;1H. The van der Waals surface area contributed by atoms with Crippen molar-refractivity contribution in [1.29, 1.82) is 0 Å². The van der Waals surface area contributed by atoms with Gasteiger partial charge in [0.25, 0.3) is 0 Å². The number of hydrogen-bond acceptors (Lipinski definition) is 1. The maximum atomic E-state index is 6.45. The van der Waals surface area contributed by atoms with Crippen LogP contribution < -0.4 is 5.73 Å². The summed E-state index contributed by atoms with van der Waals surface area (Å²) in [6.07, 6.45) is 8.98. The van der Waals surface area contributed by atoms with E-state index in [2.05, 4.69) is 27.7 Å². The second-order valence-electron chi connectivity index (χ2n) is 6.61. The summed E-state index contributed by atoms with van der Waals surface area (Å²) in [4.78, 5) is 0. The van der Waals surface area contributed by atoms with Gasteiger partial charge in [-0.05, 0) is 43.4 Å². The summed E-state index contributed by atoms with van der Waals surface area (Å²) in [6.45, 7) is 9.36. The van der Waals surface area contributed by atoms with Crippen molar-refractivity contribution in [3.63, 3.8) is 0 Å². The van der Waals surface area contributed by atoms with E-state index in [4.69, 9.17) is 5.73 Å². The van der Waals surface area contributed by atoms with Gasteiger partial charge in [-0.1, -0.05) is 40.5 Å². The predicted molar refractivity (Wildman–Crippen MR) is 75.1 cm³/mol. The summed E-state index contributed by atoms with van der Waals surface area (Å²) in [5.74, 6) is 0.885. The number of unbranched alkanes of at least 4 members (excludes halogenated alkanes) is 1. The molecule has 0 bridgehead atoms. The first-order chi connectivity index (χ1) is 6.87. The van der Waals surface area contributed by atoms with E-state index in [0.29, 0.717) is 5.41 Å². The second-order valence-corrected chi connectivity index (χ2v) is 6.61. The first kappa shape index (κ1) is 16.2. The van der Waals surface area contributed by atoms with Crippen molar-refractivity contribution < 1.29 is 0 Å². The van der Waals surface area contributed by atoms with Crippen molar-refractivity contribution in [2.75, 3.05) is 0 Å². The largest absolute Gasteiger partial charge is 0.325 e. The third-order valence-corrected chi connectivity index (χ3v) is 4.23. The number of hydrogen-bond donors (Lipinski definition) is 1. The van der Waals surface area contributed by atoms with E-state index in [-0.39, 0.29) is 17.9 Å². The van der Waals surface area contributed by atoms with Crippen molar-refractivity contribution in [3.8, 4) is 0 Å². The molecule has 16 heavy (non-hydrogen) atoms. The molecule has 98 valence electrons. The molecular formula is C14H30ClN. The Hall–Kier alpha value is 0.250. The van der Waals surface area contributed by atoms with Crippen LogP contribution in [0.25, 0.3) is 0 Å². The molecule has 0 amide bonds. The molecule has 2 N–H and O–H groups in total. The molecular weight excluding hydrogens is 218 g/mol. The van der Waals surface area contributed by atoms with Gasteiger partial charge in [0.2, 0.25) is 0 Å². The molecule has 1 aliphatic carbocycles. The summed E-state index contributed by atoms with van der Waals surface area (Å²) in [7, 11) is 0. The topological polar surface area (TPSA) is 26.0 Å². The van der Waals surface area contributed by atoms with Crippen molar-refractivity contribution in [2.24, 2.45) is 17.1 Å². The van der Waals surface area contributed by atoms with E-state index in [9.17, 15) is 0 Å². The highest BCUT2D eigenvalue weighted by Crippen LogP contribution is 2.41. The van der Waals surface area contributed by atoms with Gasteiger partial charge >= 0.3 is 0 Å². The Morgan fingerprint density at radius 3 is 2.06 bits per heavy atom. The van der Waals surface area contributed by atoms with Gasteiger partial charge in [-0.3, -0.25) is 0 Å². The molecule has 0 aromatic carbocycles. The summed E-state index contributed by atoms with van der Waals surface area (Å²) in [5.41, 5.74) is 7.11. The smallest absolute Gasteiger partial charge is 0.0154 e. The molecule has 0 saturated heterocycles. The molecule has 0 atom stereocenters. The lowest BCUT2D eigenvalue weighted by molar-refractivity contribution is 0.128. The van der Waals surface area contributed by atoms with E-state index >= 15 is 0 Å². The Morgan fingerprint density at radius 2 is 1.69 bits per heavy atom. The third-order valence-electron chi connectivity index (χ3n) is 4.23. The van der Waals surface area contributed by atoms with E-state index in [1.165, 1.54) is 44.9 Å². The van der Waals surface area contributed by atoms with Crippen LogP contribution >= 0.6 is 12.4 Å². The molecule has 0 aromatic rings. The van der Waals surface area contributed by atoms with Crippen LogP contribution in [0.5, 0.6) is 0 Å². The van der Waals surface area contributed by atoms with Crippen LogP contribution in [0.2, 0.25) is 0 Å². The number of rotatable bonds is 3. The van der Waals surface area contributed by atoms with Crippen LogP contribution in [-0.2, 0) is 0 Å². The fraction of sp³-hybridized carbons (Fsp3) is 1.00. The molecule has 0 radical (unpaired) electrons. The maximum Gasteiger partial charge on any atom is 0.0154 e. The lowest BCUT2D eigenvalue weighted by Crippen LogP contribution is -2.44. The molecule has 0 heterocycles. The highest BCUT2D eigenvalue weighted by atomic mass is 35.5. The van der Waals surface area contributed by atoms with Gasteiger partial charge in [-0.15, -0.1) is 12.4 Å². The normalized spacial score (nSPS) is 30.9. The van der Waals surface area contributed by atoms with Gasteiger partial charge in [0.15, 0.2) is 0 Å². The zero-order valence-corrected chi connectivity index (χ0v) is 12.3. The van der Waals surface area contributed by atoms with E-state index < -0.39 is 0 Å². The monoisotopic (exact) mass is 247 g/mol. The molecule has 1 rings (SSSR count). The Labute approximate surface area is 108 Å². The maximum absolute atomic E-state index is 6.45. The van der Waals surface area contributed by atoms with Crippen molar-refractivity contribution in [3.05, 3.63) is 0 Å². The van der Waals surface area contributed by atoms with Crippen molar-refractivity contribution >= 4 is 12.4 Å². The highest BCUT2D eigenvalue weighted by Gasteiger charge is 2.35.